The topological polar surface area (TPSA) is 102 Å². The molecule has 1 aliphatic rings. The normalized spacial score (nSPS) is 18.3. The number of nitrogens with zero attached hydrogens (tertiary/aromatic N) is 1. The summed E-state index contributed by atoms with van der Waals surface area (Å²) in [5.74, 6) is -2.03. The zero-order chi connectivity index (χ0) is 14.5. The molecule has 0 bridgehead atoms. The highest BCUT2D eigenvalue weighted by Gasteiger charge is 2.13. The van der Waals surface area contributed by atoms with E-state index in [1.54, 1.807) is 6.21 Å². The van der Waals surface area contributed by atoms with Crippen LogP contribution in [0.3, 0.4) is 0 Å². The predicted octanol–water partition coefficient (Wildman–Crippen LogP) is 1.88. The number of rotatable bonds is 3. The fourth-order valence-electron chi connectivity index (χ4n) is 1.95. The molecule has 0 spiro atoms. The van der Waals surface area contributed by atoms with Crippen LogP contribution in [0.2, 0.25) is 0 Å². The zero-order valence-corrected chi connectivity index (χ0v) is 10.8. The number of phenolic OH excluding ortho intramolecular Hbond substituents is 3. The fraction of sp³-hybridized carbons (Fsp3) is 0.286. The molecule has 0 aliphatic heterocycles. The van der Waals surface area contributed by atoms with Gasteiger partial charge in [-0.05, 0) is 37.3 Å². The minimum atomic E-state index is -0.654. The zero-order valence-electron chi connectivity index (χ0n) is 10.8. The van der Waals surface area contributed by atoms with Crippen molar-refractivity contribution in [3.63, 3.8) is 0 Å². The lowest BCUT2D eigenvalue weighted by molar-refractivity contribution is 0.0954. The van der Waals surface area contributed by atoms with Crippen molar-refractivity contribution in [2.75, 3.05) is 0 Å². The summed E-state index contributed by atoms with van der Waals surface area (Å²) in [6.07, 6.45) is 8.78. The molecule has 20 heavy (non-hydrogen) atoms. The molecule has 0 unspecified atom stereocenters. The highest BCUT2D eigenvalue weighted by atomic mass is 16.3. The van der Waals surface area contributed by atoms with Crippen LogP contribution in [0.5, 0.6) is 17.2 Å². The maximum Gasteiger partial charge on any atom is 0.271 e. The summed E-state index contributed by atoms with van der Waals surface area (Å²) in [6, 6.07) is 2.12. The van der Waals surface area contributed by atoms with Crippen molar-refractivity contribution in [2.24, 2.45) is 11.0 Å². The molecular formula is C14H16N2O4. The molecule has 0 fully saturated rings. The van der Waals surface area contributed by atoms with E-state index in [9.17, 15) is 20.1 Å². The smallest absolute Gasteiger partial charge is 0.271 e. The van der Waals surface area contributed by atoms with Crippen molar-refractivity contribution >= 4 is 12.1 Å². The van der Waals surface area contributed by atoms with Gasteiger partial charge in [0, 0.05) is 11.8 Å². The lowest BCUT2D eigenvalue weighted by Gasteiger charge is -2.11. The summed E-state index contributed by atoms with van der Waals surface area (Å²) in [5, 5.41) is 31.7. The van der Waals surface area contributed by atoms with Crippen LogP contribution in [0, 0.1) is 5.92 Å². The molecule has 1 atom stereocenters. The van der Waals surface area contributed by atoms with Crippen molar-refractivity contribution in [3.8, 4) is 17.2 Å². The minimum absolute atomic E-state index is 0.0125. The molecule has 1 aromatic carbocycles. The molecule has 1 amide bonds. The van der Waals surface area contributed by atoms with Crippen LogP contribution in [0.15, 0.2) is 29.4 Å². The highest BCUT2D eigenvalue weighted by Crippen LogP contribution is 2.35. The van der Waals surface area contributed by atoms with Crippen LogP contribution in [0.25, 0.3) is 0 Å². The number of nitrogens with one attached hydrogen (secondary N) is 1. The van der Waals surface area contributed by atoms with E-state index in [0.717, 1.165) is 31.4 Å². The van der Waals surface area contributed by atoms with Crippen LogP contribution in [0.1, 0.15) is 29.6 Å². The Kier molecular flexibility index (Phi) is 4.24. The van der Waals surface area contributed by atoms with E-state index in [2.05, 4.69) is 22.7 Å². The van der Waals surface area contributed by atoms with Crippen LogP contribution in [-0.2, 0) is 0 Å². The molecule has 0 heterocycles. The first kappa shape index (κ1) is 13.9. The van der Waals surface area contributed by atoms with E-state index in [0.29, 0.717) is 5.92 Å². The first-order valence-corrected chi connectivity index (χ1v) is 6.31. The van der Waals surface area contributed by atoms with Gasteiger partial charge in [-0.1, -0.05) is 12.2 Å². The van der Waals surface area contributed by atoms with Gasteiger partial charge in [-0.25, -0.2) is 5.43 Å². The number of amides is 1. The molecule has 6 heteroatoms. The summed E-state index contributed by atoms with van der Waals surface area (Å²) in [6.45, 7) is 0. The van der Waals surface area contributed by atoms with E-state index in [1.807, 2.05) is 0 Å². The van der Waals surface area contributed by atoms with Gasteiger partial charge >= 0.3 is 0 Å². The number of carbonyl (C=O) groups is 1. The summed E-state index contributed by atoms with van der Waals surface area (Å²) in [5.41, 5.74) is 2.34. The Morgan fingerprint density at radius 2 is 1.95 bits per heavy atom. The van der Waals surface area contributed by atoms with Crippen molar-refractivity contribution in [1.29, 1.82) is 0 Å². The highest BCUT2D eigenvalue weighted by molar-refractivity contribution is 5.95. The Bertz CT molecular complexity index is 543. The van der Waals surface area contributed by atoms with Crippen molar-refractivity contribution in [1.82, 2.24) is 5.43 Å². The van der Waals surface area contributed by atoms with Crippen LogP contribution in [-0.4, -0.2) is 27.4 Å². The number of carbonyl (C=O) groups excluding carboxylic acids is 1. The van der Waals surface area contributed by atoms with E-state index in [-0.39, 0.29) is 5.56 Å². The number of aromatic hydroxyl groups is 3. The molecular weight excluding hydrogens is 260 g/mol. The Morgan fingerprint density at radius 1 is 1.25 bits per heavy atom. The van der Waals surface area contributed by atoms with Crippen molar-refractivity contribution < 1.29 is 20.1 Å². The number of hydrogen-bond donors (Lipinski definition) is 4. The van der Waals surface area contributed by atoms with Gasteiger partial charge in [0.15, 0.2) is 17.2 Å². The summed E-state index contributed by atoms with van der Waals surface area (Å²) < 4.78 is 0. The predicted molar refractivity (Wildman–Crippen MR) is 73.9 cm³/mol. The minimum Gasteiger partial charge on any atom is -0.504 e. The molecule has 0 aromatic heterocycles. The SMILES string of the molecule is O=C(N/N=C\[C@H]1CC=CCC1)c1cc(O)c(O)c(O)c1. The van der Waals surface area contributed by atoms with E-state index >= 15 is 0 Å². The second kappa shape index (κ2) is 6.10. The number of hydrazone groups is 1. The van der Waals surface area contributed by atoms with Gasteiger partial charge in [-0.15, -0.1) is 0 Å². The maximum atomic E-state index is 11.8. The van der Waals surface area contributed by atoms with Gasteiger partial charge in [-0.2, -0.15) is 5.10 Å². The van der Waals surface area contributed by atoms with Crippen LogP contribution in [0.4, 0.5) is 0 Å². The van der Waals surface area contributed by atoms with E-state index in [1.165, 1.54) is 0 Å². The third-order valence-corrected chi connectivity index (χ3v) is 3.09. The second-order valence-corrected chi connectivity index (χ2v) is 4.63. The molecule has 0 saturated carbocycles. The molecule has 2 rings (SSSR count). The van der Waals surface area contributed by atoms with Gasteiger partial charge in [0.25, 0.3) is 5.91 Å². The Balaban J connectivity index is 1.98. The fourth-order valence-corrected chi connectivity index (χ4v) is 1.95. The van der Waals surface area contributed by atoms with Gasteiger partial charge < -0.3 is 15.3 Å². The quantitative estimate of drug-likeness (QED) is 0.293. The van der Waals surface area contributed by atoms with Crippen molar-refractivity contribution in [3.05, 3.63) is 29.8 Å². The first-order valence-electron chi connectivity index (χ1n) is 6.31. The van der Waals surface area contributed by atoms with E-state index < -0.39 is 23.2 Å². The molecule has 0 saturated heterocycles. The number of phenols is 3. The average Bonchev–Trinajstić information content (AvgIpc) is 2.45. The van der Waals surface area contributed by atoms with Crippen molar-refractivity contribution in [2.45, 2.75) is 19.3 Å². The number of hydrogen-bond acceptors (Lipinski definition) is 5. The molecule has 1 aliphatic carbocycles. The molecule has 1 aromatic rings. The molecule has 4 N–H and O–H groups in total. The Labute approximate surface area is 116 Å². The third kappa shape index (κ3) is 3.28. The Hall–Kier alpha value is -2.50. The van der Waals surface area contributed by atoms with Gasteiger partial charge in [0.1, 0.15) is 0 Å². The van der Waals surface area contributed by atoms with Crippen LogP contribution < -0.4 is 5.43 Å². The van der Waals surface area contributed by atoms with Gasteiger partial charge in [0.05, 0.1) is 0 Å². The van der Waals surface area contributed by atoms with Gasteiger partial charge in [0.2, 0.25) is 0 Å². The maximum absolute atomic E-state index is 11.8. The first-order chi connectivity index (χ1) is 9.58. The number of allylic oxidation sites excluding steroid dienone is 2. The number of benzene rings is 1. The third-order valence-electron chi connectivity index (χ3n) is 3.09. The largest absolute Gasteiger partial charge is 0.504 e. The summed E-state index contributed by atoms with van der Waals surface area (Å²) >= 11 is 0. The Morgan fingerprint density at radius 3 is 2.55 bits per heavy atom. The molecule has 6 nitrogen and oxygen atoms in total. The second-order valence-electron chi connectivity index (χ2n) is 4.63. The monoisotopic (exact) mass is 276 g/mol. The molecule has 106 valence electrons. The average molecular weight is 276 g/mol. The summed E-state index contributed by atoms with van der Waals surface area (Å²) in [7, 11) is 0. The standard InChI is InChI=1S/C14H16N2O4/c17-11-6-10(7-12(18)13(11)19)14(20)16-15-8-9-4-2-1-3-5-9/h1-2,6-9,17-19H,3-5H2,(H,16,20)/b15-8-/t9-/m0/s1. The lowest BCUT2D eigenvalue weighted by atomic mass is 9.96. The molecule has 0 radical (unpaired) electrons. The van der Waals surface area contributed by atoms with E-state index in [4.69, 9.17) is 0 Å². The summed E-state index contributed by atoms with van der Waals surface area (Å²) in [4.78, 5) is 11.8. The lowest BCUT2D eigenvalue weighted by Crippen LogP contribution is -2.18. The van der Waals surface area contributed by atoms with Crippen LogP contribution >= 0.6 is 0 Å². The van der Waals surface area contributed by atoms with Gasteiger partial charge in [-0.3, -0.25) is 4.79 Å².